The van der Waals surface area contributed by atoms with Crippen LogP contribution in [0.2, 0.25) is 0 Å². The highest BCUT2D eigenvalue weighted by atomic mass is 19.2. The number of hydrogen-bond donors (Lipinski definition) is 0. The lowest BCUT2D eigenvalue weighted by molar-refractivity contribution is 0.415. The molecule has 0 radical (unpaired) electrons. The maximum absolute atomic E-state index is 13.7. The number of benzene rings is 2. The molecule has 0 aliphatic heterocycles. The van der Waals surface area contributed by atoms with Crippen molar-refractivity contribution in [2.24, 2.45) is 0 Å². The highest BCUT2D eigenvalue weighted by molar-refractivity contribution is 5.86. The Morgan fingerprint density at radius 2 is 1.81 bits per heavy atom. The van der Waals surface area contributed by atoms with Crippen molar-refractivity contribution in [3.63, 3.8) is 0 Å². The fourth-order valence-corrected chi connectivity index (χ4v) is 3.85. The average Bonchev–Trinajstić information content (AvgIpc) is 3.20. The smallest absolute Gasteiger partial charge is 0.266 e. The largest absolute Gasteiger partial charge is 0.497 e. The lowest BCUT2D eigenvalue weighted by Crippen LogP contribution is -2.19. The quantitative estimate of drug-likeness (QED) is 0.418. The molecule has 0 saturated carbocycles. The van der Waals surface area contributed by atoms with Crippen LogP contribution in [0.25, 0.3) is 33.4 Å². The molecule has 6 nitrogen and oxygen atoms in total. The Balaban J connectivity index is 1.73. The second kappa shape index (κ2) is 7.56. The fraction of sp³-hybridized carbons (Fsp3) is 0.125. The van der Waals surface area contributed by atoms with Crippen LogP contribution < -0.4 is 10.3 Å². The van der Waals surface area contributed by atoms with E-state index in [1.165, 1.54) is 23.0 Å². The molecule has 2 aromatic carbocycles. The minimum Gasteiger partial charge on any atom is -0.497 e. The molecule has 0 N–H and O–H groups in total. The van der Waals surface area contributed by atoms with Crippen LogP contribution in [0, 0.1) is 11.6 Å². The summed E-state index contributed by atoms with van der Waals surface area (Å²) < 4.78 is 35.2. The highest BCUT2D eigenvalue weighted by Gasteiger charge is 2.18. The Hall–Kier alpha value is -4.07. The highest BCUT2D eigenvalue weighted by Crippen LogP contribution is 2.30. The zero-order valence-corrected chi connectivity index (χ0v) is 17.3. The molecule has 0 unspecified atom stereocenters. The van der Waals surface area contributed by atoms with Crippen molar-refractivity contribution in [1.82, 2.24) is 19.2 Å². The zero-order chi connectivity index (χ0) is 22.4. The summed E-state index contributed by atoms with van der Waals surface area (Å²) in [5, 5.41) is 5.03. The van der Waals surface area contributed by atoms with Crippen molar-refractivity contribution in [3.05, 3.63) is 88.6 Å². The summed E-state index contributed by atoms with van der Waals surface area (Å²) in [5.41, 5.74) is 3.71. The van der Waals surface area contributed by atoms with E-state index in [1.807, 2.05) is 31.2 Å². The van der Waals surface area contributed by atoms with Gasteiger partial charge in [-0.2, -0.15) is 5.10 Å². The lowest BCUT2D eigenvalue weighted by Gasteiger charge is -2.09. The second-order valence-electron chi connectivity index (χ2n) is 7.29. The van der Waals surface area contributed by atoms with Gasteiger partial charge in [0.2, 0.25) is 0 Å². The number of nitrogens with zero attached hydrogens (tertiary/aromatic N) is 4. The Bertz CT molecular complexity index is 1540. The number of rotatable bonds is 4. The van der Waals surface area contributed by atoms with Crippen molar-refractivity contribution in [2.45, 2.75) is 13.3 Å². The summed E-state index contributed by atoms with van der Waals surface area (Å²) in [6.07, 6.45) is 3.70. The molecule has 0 aliphatic rings. The van der Waals surface area contributed by atoms with Crippen LogP contribution in [0.4, 0.5) is 8.78 Å². The van der Waals surface area contributed by atoms with Crippen molar-refractivity contribution in [2.75, 3.05) is 7.11 Å². The van der Waals surface area contributed by atoms with Gasteiger partial charge in [0.05, 0.1) is 29.4 Å². The maximum atomic E-state index is 13.7. The van der Waals surface area contributed by atoms with Gasteiger partial charge in [0, 0.05) is 24.0 Å². The first kappa shape index (κ1) is 19.9. The van der Waals surface area contributed by atoms with E-state index in [4.69, 9.17) is 9.84 Å². The minimum atomic E-state index is -1.02. The van der Waals surface area contributed by atoms with E-state index in [9.17, 15) is 13.6 Å². The molecule has 3 aromatic heterocycles. The van der Waals surface area contributed by atoms with Gasteiger partial charge in [0.15, 0.2) is 17.3 Å². The van der Waals surface area contributed by atoms with Gasteiger partial charge in [-0.25, -0.2) is 18.3 Å². The molecule has 0 atom stereocenters. The number of aromatic nitrogens is 4. The van der Waals surface area contributed by atoms with Crippen LogP contribution in [0.15, 0.2) is 65.7 Å². The molecular formula is C24H18F2N4O2. The van der Waals surface area contributed by atoms with Crippen molar-refractivity contribution >= 4 is 16.6 Å². The first-order valence-corrected chi connectivity index (χ1v) is 10.0. The van der Waals surface area contributed by atoms with Gasteiger partial charge in [-0.15, -0.1) is 0 Å². The molecular weight excluding hydrogens is 414 g/mol. The number of halogens is 2. The predicted octanol–water partition coefficient (Wildman–Crippen LogP) is 4.55. The number of fused-ring (bicyclic) bond motifs is 3. The average molecular weight is 432 g/mol. The van der Waals surface area contributed by atoms with Crippen molar-refractivity contribution < 1.29 is 13.5 Å². The van der Waals surface area contributed by atoms with E-state index in [1.54, 1.807) is 17.7 Å². The Labute approximate surface area is 181 Å². The van der Waals surface area contributed by atoms with E-state index >= 15 is 0 Å². The van der Waals surface area contributed by atoms with Gasteiger partial charge in [-0.05, 0) is 42.3 Å². The Kier molecular flexibility index (Phi) is 4.70. The molecule has 0 fully saturated rings. The van der Waals surface area contributed by atoms with Gasteiger partial charge >= 0.3 is 0 Å². The minimum absolute atomic E-state index is 0.226. The van der Waals surface area contributed by atoms with E-state index in [0.29, 0.717) is 23.0 Å². The Morgan fingerprint density at radius 3 is 2.50 bits per heavy atom. The van der Waals surface area contributed by atoms with Crippen LogP contribution in [-0.2, 0) is 6.42 Å². The molecule has 8 heteroatoms. The normalized spacial score (nSPS) is 11.4. The zero-order valence-electron chi connectivity index (χ0n) is 17.3. The number of aryl methyl sites for hydroxylation is 1. The van der Waals surface area contributed by atoms with Crippen molar-refractivity contribution in [1.29, 1.82) is 0 Å². The summed E-state index contributed by atoms with van der Waals surface area (Å²) in [5.74, 6) is -1.24. The van der Waals surface area contributed by atoms with Crippen LogP contribution in [0.3, 0.4) is 0 Å². The third-order valence-corrected chi connectivity index (χ3v) is 5.48. The van der Waals surface area contributed by atoms with Crippen LogP contribution in [0.5, 0.6) is 5.75 Å². The van der Waals surface area contributed by atoms with Gasteiger partial charge in [-0.1, -0.05) is 19.1 Å². The molecule has 3 heterocycles. The van der Waals surface area contributed by atoms with Gasteiger partial charge in [0.1, 0.15) is 5.75 Å². The Morgan fingerprint density at radius 1 is 1.03 bits per heavy atom. The summed E-state index contributed by atoms with van der Waals surface area (Å²) in [6.45, 7) is 2.01. The second-order valence-corrected chi connectivity index (χ2v) is 7.29. The predicted molar refractivity (Wildman–Crippen MR) is 117 cm³/mol. The standard InChI is InChI=1S/C24H18F2N4O2/c1-3-20-22(14-4-7-16(32-2)8-5-14)23-27-13-17-21(30(23)28-20)10-11-29(24(17)31)15-6-9-18(25)19(26)12-15/h4-13H,3H2,1-2H3. The SMILES string of the molecule is CCc1nn2c(ncc3c(=O)n(-c4ccc(F)c(F)c4)ccc32)c1-c1ccc(OC)cc1. The summed E-state index contributed by atoms with van der Waals surface area (Å²) in [6, 6.07) is 12.7. The molecule has 32 heavy (non-hydrogen) atoms. The third kappa shape index (κ3) is 3.03. The number of ether oxygens (including phenoxy) is 1. The number of hydrogen-bond acceptors (Lipinski definition) is 4. The van der Waals surface area contributed by atoms with Gasteiger partial charge < -0.3 is 4.74 Å². The molecule has 160 valence electrons. The monoisotopic (exact) mass is 432 g/mol. The maximum Gasteiger partial charge on any atom is 0.266 e. The summed E-state index contributed by atoms with van der Waals surface area (Å²) in [4.78, 5) is 17.7. The molecule has 0 spiro atoms. The lowest BCUT2D eigenvalue weighted by atomic mass is 10.0. The van der Waals surface area contributed by atoms with Crippen LogP contribution in [0.1, 0.15) is 12.6 Å². The van der Waals surface area contributed by atoms with Gasteiger partial charge in [0.25, 0.3) is 5.56 Å². The first-order valence-electron chi connectivity index (χ1n) is 10.0. The van der Waals surface area contributed by atoms with E-state index in [2.05, 4.69) is 4.98 Å². The molecule has 5 rings (SSSR count). The van der Waals surface area contributed by atoms with Crippen LogP contribution >= 0.6 is 0 Å². The van der Waals surface area contributed by atoms with E-state index in [0.717, 1.165) is 34.7 Å². The topological polar surface area (TPSA) is 61.4 Å². The van der Waals surface area contributed by atoms with Crippen molar-refractivity contribution in [3.8, 4) is 22.6 Å². The molecule has 0 bridgehead atoms. The molecule has 5 aromatic rings. The summed E-state index contributed by atoms with van der Waals surface area (Å²) in [7, 11) is 1.61. The summed E-state index contributed by atoms with van der Waals surface area (Å²) >= 11 is 0. The molecule has 0 aliphatic carbocycles. The molecule has 0 saturated heterocycles. The van der Waals surface area contributed by atoms with E-state index in [-0.39, 0.29) is 5.69 Å². The fourth-order valence-electron chi connectivity index (χ4n) is 3.85. The third-order valence-electron chi connectivity index (χ3n) is 5.48. The first-order chi connectivity index (χ1) is 15.5. The number of pyridine rings is 1. The number of methoxy groups -OCH3 is 1. The molecule has 0 amide bonds. The van der Waals surface area contributed by atoms with Crippen LogP contribution in [-0.4, -0.2) is 26.3 Å². The van der Waals surface area contributed by atoms with E-state index < -0.39 is 17.2 Å². The van der Waals surface area contributed by atoms with Gasteiger partial charge in [-0.3, -0.25) is 9.36 Å².